The van der Waals surface area contributed by atoms with Crippen molar-refractivity contribution in [2.45, 2.75) is 147 Å². The number of hydrogen-bond acceptors (Lipinski definition) is 6. The van der Waals surface area contributed by atoms with E-state index >= 15 is 0 Å². The number of ether oxygens (including phenoxy) is 1. The van der Waals surface area contributed by atoms with Crippen molar-refractivity contribution in [2.24, 2.45) is 17.3 Å². The Labute approximate surface area is 274 Å². The normalized spacial score (nSPS) is 36.4. The van der Waals surface area contributed by atoms with Gasteiger partial charge in [-0.25, -0.2) is 4.79 Å². The third kappa shape index (κ3) is 5.97. The molecule has 3 amide bonds. The molecule has 4 aliphatic heterocycles. The van der Waals surface area contributed by atoms with Crippen molar-refractivity contribution in [3.63, 3.8) is 0 Å². The number of carbonyl (C=O) groups is 3. The van der Waals surface area contributed by atoms with Crippen LogP contribution >= 0.6 is 0 Å². The van der Waals surface area contributed by atoms with E-state index in [9.17, 15) is 14.4 Å². The first-order valence-electron chi connectivity index (χ1n) is 18.1. The Bertz CT molecular complexity index is 1300. The summed E-state index contributed by atoms with van der Waals surface area (Å²) < 4.78 is 19.5. The van der Waals surface area contributed by atoms with Gasteiger partial charge in [-0.3, -0.25) is 14.5 Å². The SMILES string of the molecule is CC1(C)[C@H]2CC3OB([C@@H]4CCCCCCCCCCC(=O)N5C[C@H](OC(=O)N6Cc7ccccc7C6)C[C@H]5C(=O)N4)O[C@]3(C)[C@@H]1C2. The molecule has 3 saturated heterocycles. The molecule has 0 radical (unpaired) electrons. The second kappa shape index (κ2) is 12.8. The summed E-state index contributed by atoms with van der Waals surface area (Å²) in [6.07, 6.45) is 11.4. The second-order valence-corrected chi connectivity index (χ2v) is 15.7. The van der Waals surface area contributed by atoms with Gasteiger partial charge in [-0.05, 0) is 61.0 Å². The van der Waals surface area contributed by atoms with Gasteiger partial charge in [0.15, 0.2) is 0 Å². The molecule has 1 unspecified atom stereocenters. The molecule has 1 N–H and O–H groups in total. The summed E-state index contributed by atoms with van der Waals surface area (Å²) in [4.78, 5) is 44.3. The highest BCUT2D eigenvalue weighted by Gasteiger charge is 2.68. The number of benzene rings is 1. The highest BCUT2D eigenvalue weighted by molar-refractivity contribution is 6.47. The average Bonchev–Trinajstić information content (AvgIpc) is 3.75. The molecule has 3 aliphatic carbocycles. The number of carbonyl (C=O) groups excluding carboxylic acids is 3. The maximum Gasteiger partial charge on any atom is 0.481 e. The topological polar surface area (TPSA) is 97.4 Å². The lowest BCUT2D eigenvalue weighted by Gasteiger charge is -2.64. The van der Waals surface area contributed by atoms with Crippen LogP contribution in [0.1, 0.15) is 115 Å². The maximum absolute atomic E-state index is 14.1. The summed E-state index contributed by atoms with van der Waals surface area (Å²) in [5.41, 5.74) is 2.14. The first-order valence-corrected chi connectivity index (χ1v) is 18.1. The summed E-state index contributed by atoms with van der Waals surface area (Å²) in [6.45, 7) is 8.19. The fraction of sp³-hybridized carbons (Fsp3) is 0.750. The Hall–Kier alpha value is -2.59. The van der Waals surface area contributed by atoms with Gasteiger partial charge in [0.1, 0.15) is 12.1 Å². The van der Waals surface area contributed by atoms with E-state index in [4.69, 9.17) is 14.0 Å². The first kappa shape index (κ1) is 32.0. The lowest BCUT2D eigenvalue weighted by atomic mass is 9.43. The number of nitrogens with one attached hydrogen (secondary N) is 1. The van der Waals surface area contributed by atoms with Crippen molar-refractivity contribution in [3.05, 3.63) is 35.4 Å². The number of fused-ring (bicyclic) bond motifs is 2. The van der Waals surface area contributed by atoms with E-state index in [1.54, 1.807) is 9.80 Å². The molecule has 9 nitrogen and oxygen atoms in total. The third-order valence-electron chi connectivity index (χ3n) is 12.5. The van der Waals surface area contributed by atoms with Crippen LogP contribution in [0.25, 0.3) is 0 Å². The molecule has 0 aromatic heterocycles. The summed E-state index contributed by atoms with van der Waals surface area (Å²) in [6, 6.07) is 7.34. The zero-order valence-corrected chi connectivity index (χ0v) is 28.0. The van der Waals surface area contributed by atoms with Gasteiger partial charge < -0.3 is 24.3 Å². The van der Waals surface area contributed by atoms with Crippen LogP contribution in [0.5, 0.6) is 0 Å². The van der Waals surface area contributed by atoms with Crippen molar-refractivity contribution < 1.29 is 28.4 Å². The molecule has 6 fully saturated rings. The highest BCUT2D eigenvalue weighted by atomic mass is 16.7. The quantitative estimate of drug-likeness (QED) is 0.415. The standard InChI is InChI=1S/C36H52BN3O6/c1-35(2)26-18-29(35)36(3)30(19-26)45-37(46-36)31-16-10-8-6-4-5-7-9-11-17-32(41)40-23-27(20-28(40)33(42)38-31)44-34(43)39-21-24-14-12-13-15-25(24)22-39/h12-15,26-31H,4-11,16-23H2,1-3H3,(H,38,42)/t26-,27-,28+,29-,30?,31+,36-/m1/s1. The van der Waals surface area contributed by atoms with Crippen LogP contribution in [-0.4, -0.2) is 71.2 Å². The number of rotatable bonds is 2. The Balaban J connectivity index is 1.06. The van der Waals surface area contributed by atoms with E-state index in [1.165, 1.54) is 25.7 Å². The van der Waals surface area contributed by atoms with Crippen LogP contribution < -0.4 is 5.32 Å². The number of amides is 3. The van der Waals surface area contributed by atoms with E-state index < -0.39 is 25.4 Å². The smallest absolute Gasteiger partial charge is 0.444 e. The second-order valence-electron chi connectivity index (χ2n) is 15.7. The molecular weight excluding hydrogens is 581 g/mol. The molecule has 3 saturated carbocycles. The maximum atomic E-state index is 14.1. The molecule has 2 bridgehead atoms. The molecule has 0 spiro atoms. The van der Waals surface area contributed by atoms with E-state index in [2.05, 4.69) is 26.1 Å². The largest absolute Gasteiger partial charge is 0.481 e. The molecule has 1 aromatic rings. The lowest BCUT2D eigenvalue weighted by molar-refractivity contribution is -0.199. The molecule has 250 valence electrons. The molecular formula is C36H52BN3O6. The average molecular weight is 634 g/mol. The summed E-state index contributed by atoms with van der Waals surface area (Å²) in [7, 11) is -0.510. The molecule has 1 aromatic carbocycles. The van der Waals surface area contributed by atoms with Crippen molar-refractivity contribution in [1.82, 2.24) is 15.1 Å². The van der Waals surface area contributed by atoms with Crippen LogP contribution in [-0.2, 0) is 36.7 Å². The van der Waals surface area contributed by atoms with Crippen molar-refractivity contribution in [1.29, 1.82) is 0 Å². The van der Waals surface area contributed by atoms with Crippen molar-refractivity contribution in [2.75, 3.05) is 6.54 Å². The Morgan fingerprint density at radius 1 is 0.935 bits per heavy atom. The van der Waals surface area contributed by atoms with E-state index in [-0.39, 0.29) is 41.4 Å². The summed E-state index contributed by atoms with van der Waals surface area (Å²) in [5.74, 6) is 0.554. The van der Waals surface area contributed by atoms with Crippen LogP contribution in [0.4, 0.5) is 4.79 Å². The lowest BCUT2D eigenvalue weighted by Crippen LogP contribution is -2.65. The predicted molar refractivity (Wildman–Crippen MR) is 174 cm³/mol. The van der Waals surface area contributed by atoms with Crippen LogP contribution in [0, 0.1) is 17.3 Å². The summed E-state index contributed by atoms with van der Waals surface area (Å²) >= 11 is 0. The molecule has 46 heavy (non-hydrogen) atoms. The van der Waals surface area contributed by atoms with Gasteiger partial charge >= 0.3 is 13.2 Å². The van der Waals surface area contributed by atoms with Crippen LogP contribution in [0.3, 0.4) is 0 Å². The van der Waals surface area contributed by atoms with Crippen molar-refractivity contribution >= 4 is 25.0 Å². The number of nitrogens with zero attached hydrogens (tertiary/aromatic N) is 2. The predicted octanol–water partition coefficient (Wildman–Crippen LogP) is 5.78. The van der Waals surface area contributed by atoms with Gasteiger partial charge in [-0.2, -0.15) is 0 Å². The number of hydrogen-bond donors (Lipinski definition) is 1. The minimum Gasteiger partial charge on any atom is -0.444 e. The first-order chi connectivity index (χ1) is 22.1. The fourth-order valence-corrected chi connectivity index (χ4v) is 9.56. The van der Waals surface area contributed by atoms with Crippen LogP contribution in [0.15, 0.2) is 24.3 Å². The fourth-order valence-electron chi connectivity index (χ4n) is 9.56. The molecule has 7 atom stereocenters. The van der Waals surface area contributed by atoms with Crippen LogP contribution in [0.2, 0.25) is 0 Å². The van der Waals surface area contributed by atoms with Gasteiger partial charge in [0.05, 0.1) is 24.2 Å². The summed E-state index contributed by atoms with van der Waals surface area (Å²) in [5, 5.41) is 3.32. The Kier molecular flexibility index (Phi) is 8.89. The van der Waals surface area contributed by atoms with Crippen molar-refractivity contribution in [3.8, 4) is 0 Å². The third-order valence-corrected chi connectivity index (χ3v) is 12.5. The molecule has 4 heterocycles. The van der Waals surface area contributed by atoms with Gasteiger partial charge in [0, 0.05) is 25.9 Å². The minimum atomic E-state index is -0.692. The van der Waals surface area contributed by atoms with Gasteiger partial charge in [-0.1, -0.05) is 83.1 Å². The monoisotopic (exact) mass is 633 g/mol. The Morgan fingerprint density at radius 2 is 1.61 bits per heavy atom. The molecule has 10 heteroatoms. The zero-order valence-electron chi connectivity index (χ0n) is 28.0. The molecule has 8 rings (SSSR count). The van der Waals surface area contributed by atoms with Gasteiger partial charge in [0.2, 0.25) is 11.8 Å². The van der Waals surface area contributed by atoms with Gasteiger partial charge in [-0.15, -0.1) is 0 Å². The minimum absolute atomic E-state index is 0.0372. The molecule has 7 aliphatic rings. The van der Waals surface area contributed by atoms with Gasteiger partial charge in [0.25, 0.3) is 0 Å². The van der Waals surface area contributed by atoms with E-state index in [1.807, 2.05) is 24.3 Å². The van der Waals surface area contributed by atoms with E-state index in [0.717, 1.165) is 56.1 Å². The zero-order chi connectivity index (χ0) is 32.1. The Morgan fingerprint density at radius 3 is 2.30 bits per heavy atom. The van der Waals surface area contributed by atoms with E-state index in [0.29, 0.717) is 37.8 Å². The highest BCUT2D eigenvalue weighted by Crippen LogP contribution is 2.65.